The Balaban J connectivity index is 1.23. The summed E-state index contributed by atoms with van der Waals surface area (Å²) >= 11 is 0. The number of hydrogen-bond donors (Lipinski definition) is 0. The van der Waals surface area contributed by atoms with E-state index in [1.165, 1.54) is 11.3 Å². The van der Waals surface area contributed by atoms with Gasteiger partial charge in [-0.15, -0.1) is 0 Å². The van der Waals surface area contributed by atoms with E-state index in [0.29, 0.717) is 11.8 Å². The smallest absolute Gasteiger partial charge is 0.239 e. The van der Waals surface area contributed by atoms with Crippen LogP contribution in [0.3, 0.4) is 0 Å². The lowest BCUT2D eigenvalue weighted by atomic mass is 9.90. The van der Waals surface area contributed by atoms with Gasteiger partial charge in [0.15, 0.2) is 0 Å². The Kier molecular flexibility index (Phi) is 7.13. The lowest BCUT2D eigenvalue weighted by Gasteiger charge is -2.41. The van der Waals surface area contributed by atoms with Gasteiger partial charge in [-0.25, -0.2) is 0 Å². The van der Waals surface area contributed by atoms with Gasteiger partial charge in [-0.3, -0.25) is 9.69 Å². The normalized spacial score (nSPS) is 19.3. The van der Waals surface area contributed by atoms with Crippen molar-refractivity contribution < 1.29 is 9.53 Å². The van der Waals surface area contributed by atoms with Gasteiger partial charge in [0.05, 0.1) is 13.2 Å². The Morgan fingerprint density at radius 1 is 0.935 bits per heavy atom. The lowest BCUT2D eigenvalue weighted by Crippen LogP contribution is -2.55. The predicted octanol–water partition coefficient (Wildman–Crippen LogP) is 3.69. The van der Waals surface area contributed by atoms with Crippen LogP contribution < -0.4 is 9.64 Å². The molecule has 1 amide bonds. The summed E-state index contributed by atoms with van der Waals surface area (Å²) in [7, 11) is 1.69. The number of piperazine rings is 1. The molecule has 5 nitrogen and oxygen atoms in total. The zero-order valence-corrected chi connectivity index (χ0v) is 18.9. The van der Waals surface area contributed by atoms with Gasteiger partial charge in [0, 0.05) is 45.0 Å². The monoisotopic (exact) mass is 421 g/mol. The standard InChI is InChI=1S/C26H35N3O2/c1-21(27-16-18-28(19-17-27)24-8-10-25(31-2)11-9-24)26(30)29-14-12-23(13-15-29)20-22-6-4-3-5-7-22/h3-11,21,23H,12-20H2,1-2H3/t21-/m1/s1. The van der Waals surface area contributed by atoms with Crippen molar-refractivity contribution in [1.29, 1.82) is 0 Å². The zero-order valence-electron chi connectivity index (χ0n) is 18.9. The molecule has 0 N–H and O–H groups in total. The third-order valence-electron chi connectivity index (χ3n) is 6.95. The summed E-state index contributed by atoms with van der Waals surface area (Å²) in [4.78, 5) is 20.0. The summed E-state index contributed by atoms with van der Waals surface area (Å²) in [6.45, 7) is 7.61. The van der Waals surface area contributed by atoms with Crippen molar-refractivity contribution >= 4 is 11.6 Å². The first-order valence-electron chi connectivity index (χ1n) is 11.6. The SMILES string of the molecule is COc1ccc(N2CCN([C@H](C)C(=O)N3CCC(Cc4ccccc4)CC3)CC2)cc1. The third-order valence-corrected chi connectivity index (χ3v) is 6.95. The van der Waals surface area contributed by atoms with Crippen molar-refractivity contribution in [3.05, 3.63) is 60.2 Å². The summed E-state index contributed by atoms with van der Waals surface area (Å²) in [5, 5.41) is 0. The molecule has 1 atom stereocenters. The first-order valence-corrected chi connectivity index (χ1v) is 11.6. The molecule has 5 heteroatoms. The molecule has 0 unspecified atom stereocenters. The van der Waals surface area contributed by atoms with Crippen LogP contribution in [0.15, 0.2) is 54.6 Å². The average molecular weight is 422 g/mol. The largest absolute Gasteiger partial charge is 0.497 e. The average Bonchev–Trinajstić information content (AvgIpc) is 2.84. The maximum absolute atomic E-state index is 13.1. The zero-order chi connectivity index (χ0) is 21.6. The third kappa shape index (κ3) is 5.40. The molecule has 0 aliphatic carbocycles. The van der Waals surface area contributed by atoms with E-state index in [2.05, 4.69) is 64.1 Å². The Bertz CT molecular complexity index is 823. The first kappa shape index (κ1) is 21.7. The van der Waals surface area contributed by atoms with E-state index in [9.17, 15) is 4.79 Å². The van der Waals surface area contributed by atoms with Crippen LogP contribution >= 0.6 is 0 Å². The number of piperidine rings is 1. The molecular formula is C26H35N3O2. The molecule has 2 fully saturated rings. The molecule has 2 aromatic rings. The molecule has 0 bridgehead atoms. The lowest BCUT2D eigenvalue weighted by molar-refractivity contribution is -0.138. The second kappa shape index (κ2) is 10.2. The Morgan fingerprint density at radius 3 is 2.19 bits per heavy atom. The molecule has 2 heterocycles. The first-order chi connectivity index (χ1) is 15.1. The van der Waals surface area contributed by atoms with Gasteiger partial charge < -0.3 is 14.5 Å². The molecule has 0 spiro atoms. The molecule has 2 aromatic carbocycles. The van der Waals surface area contributed by atoms with Crippen molar-refractivity contribution in [3.8, 4) is 5.75 Å². The van der Waals surface area contributed by atoms with Crippen LogP contribution in [0.1, 0.15) is 25.3 Å². The quantitative estimate of drug-likeness (QED) is 0.713. The number of carbonyl (C=O) groups excluding carboxylic acids is 1. The Morgan fingerprint density at radius 2 is 1.58 bits per heavy atom. The molecule has 2 aliphatic rings. The minimum atomic E-state index is -0.0382. The Hall–Kier alpha value is -2.53. The molecule has 0 radical (unpaired) electrons. The fourth-order valence-corrected chi connectivity index (χ4v) is 4.89. The van der Waals surface area contributed by atoms with Gasteiger partial charge in [0.2, 0.25) is 5.91 Å². The topological polar surface area (TPSA) is 36.0 Å². The fraction of sp³-hybridized carbons (Fsp3) is 0.500. The van der Waals surface area contributed by atoms with E-state index in [-0.39, 0.29) is 6.04 Å². The van der Waals surface area contributed by atoms with E-state index < -0.39 is 0 Å². The number of amides is 1. The van der Waals surface area contributed by atoms with Crippen molar-refractivity contribution in [2.75, 3.05) is 51.3 Å². The van der Waals surface area contributed by atoms with Crippen LogP contribution in [-0.4, -0.2) is 68.1 Å². The predicted molar refractivity (Wildman–Crippen MR) is 126 cm³/mol. The van der Waals surface area contributed by atoms with Crippen LogP contribution in [0.2, 0.25) is 0 Å². The van der Waals surface area contributed by atoms with Gasteiger partial charge in [-0.05, 0) is 61.9 Å². The number of anilines is 1. The summed E-state index contributed by atoms with van der Waals surface area (Å²) < 4.78 is 5.26. The summed E-state index contributed by atoms with van der Waals surface area (Å²) in [6.07, 6.45) is 3.35. The van der Waals surface area contributed by atoms with Gasteiger partial charge in [-0.1, -0.05) is 30.3 Å². The number of hydrogen-bond acceptors (Lipinski definition) is 4. The number of carbonyl (C=O) groups is 1. The highest BCUT2D eigenvalue weighted by atomic mass is 16.5. The molecule has 0 saturated carbocycles. The molecule has 31 heavy (non-hydrogen) atoms. The van der Waals surface area contributed by atoms with E-state index >= 15 is 0 Å². The van der Waals surface area contributed by atoms with Crippen LogP contribution in [-0.2, 0) is 11.2 Å². The van der Waals surface area contributed by atoms with Gasteiger partial charge in [0.1, 0.15) is 5.75 Å². The van der Waals surface area contributed by atoms with E-state index in [1.807, 2.05) is 12.1 Å². The number of methoxy groups -OCH3 is 1. The highest BCUT2D eigenvalue weighted by molar-refractivity contribution is 5.81. The fourth-order valence-electron chi connectivity index (χ4n) is 4.89. The second-order valence-electron chi connectivity index (χ2n) is 8.86. The summed E-state index contributed by atoms with van der Waals surface area (Å²) in [5.41, 5.74) is 2.63. The summed E-state index contributed by atoms with van der Waals surface area (Å²) in [5.74, 6) is 1.88. The molecule has 4 rings (SSSR count). The van der Waals surface area contributed by atoms with Crippen LogP contribution in [0.25, 0.3) is 0 Å². The number of likely N-dealkylation sites (tertiary alicyclic amines) is 1. The van der Waals surface area contributed by atoms with Gasteiger partial charge in [-0.2, -0.15) is 0 Å². The molecule has 0 aromatic heterocycles. The second-order valence-corrected chi connectivity index (χ2v) is 8.86. The van der Waals surface area contributed by atoms with Crippen LogP contribution in [0.4, 0.5) is 5.69 Å². The highest BCUT2D eigenvalue weighted by Crippen LogP contribution is 2.24. The molecule has 2 saturated heterocycles. The molecular weight excluding hydrogens is 386 g/mol. The van der Waals surface area contributed by atoms with Gasteiger partial charge >= 0.3 is 0 Å². The molecule has 166 valence electrons. The van der Waals surface area contributed by atoms with Crippen LogP contribution in [0.5, 0.6) is 5.75 Å². The number of benzene rings is 2. The van der Waals surface area contributed by atoms with E-state index in [0.717, 1.165) is 64.3 Å². The summed E-state index contributed by atoms with van der Waals surface area (Å²) in [6, 6.07) is 18.9. The number of ether oxygens (including phenoxy) is 1. The van der Waals surface area contributed by atoms with Crippen molar-refractivity contribution in [1.82, 2.24) is 9.80 Å². The highest BCUT2D eigenvalue weighted by Gasteiger charge is 2.31. The van der Waals surface area contributed by atoms with E-state index in [1.54, 1.807) is 7.11 Å². The maximum atomic E-state index is 13.1. The van der Waals surface area contributed by atoms with Crippen molar-refractivity contribution in [3.63, 3.8) is 0 Å². The van der Waals surface area contributed by atoms with Crippen molar-refractivity contribution in [2.24, 2.45) is 5.92 Å². The minimum absolute atomic E-state index is 0.0382. The van der Waals surface area contributed by atoms with Gasteiger partial charge in [0.25, 0.3) is 0 Å². The number of nitrogens with zero attached hydrogens (tertiary/aromatic N) is 3. The Labute approximate surface area is 186 Å². The van der Waals surface area contributed by atoms with Crippen molar-refractivity contribution in [2.45, 2.75) is 32.2 Å². The number of rotatable bonds is 6. The van der Waals surface area contributed by atoms with Crippen LogP contribution in [0, 0.1) is 5.92 Å². The van der Waals surface area contributed by atoms with E-state index in [4.69, 9.17) is 4.74 Å². The maximum Gasteiger partial charge on any atom is 0.239 e. The molecule has 2 aliphatic heterocycles. The minimum Gasteiger partial charge on any atom is -0.497 e.